The highest BCUT2D eigenvalue weighted by atomic mass is 19.4. The number of carbonyl (C=O) groups is 1. The molecule has 4 N–H and O–H groups in total. The van der Waals surface area contributed by atoms with Crippen LogP contribution in [0, 0.1) is 5.82 Å². The van der Waals surface area contributed by atoms with Gasteiger partial charge in [-0.05, 0) is 38.1 Å². The highest BCUT2D eigenvalue weighted by molar-refractivity contribution is 5.99. The second-order valence-corrected chi connectivity index (χ2v) is 9.16. The van der Waals surface area contributed by atoms with Gasteiger partial charge in [0.25, 0.3) is 5.91 Å². The summed E-state index contributed by atoms with van der Waals surface area (Å²) < 4.78 is 70.4. The lowest BCUT2D eigenvalue weighted by Gasteiger charge is -2.30. The van der Waals surface area contributed by atoms with Crippen molar-refractivity contribution in [1.82, 2.24) is 15.0 Å². The monoisotopic (exact) mass is 549 g/mol. The van der Waals surface area contributed by atoms with E-state index in [0.29, 0.717) is 32.1 Å². The number of nitrogens with zero attached hydrogens (tertiary/aromatic N) is 4. The van der Waals surface area contributed by atoms with Crippen LogP contribution in [0.5, 0.6) is 11.5 Å². The Morgan fingerprint density at radius 2 is 1.87 bits per heavy atom. The predicted octanol–water partition coefficient (Wildman–Crippen LogP) is 3.85. The molecule has 39 heavy (non-hydrogen) atoms. The van der Waals surface area contributed by atoms with E-state index >= 15 is 4.39 Å². The lowest BCUT2D eigenvalue weighted by atomic mass is 10.1. The maximum Gasteiger partial charge on any atom is 0.573 e. The molecule has 15 heteroatoms. The van der Waals surface area contributed by atoms with Crippen LogP contribution in [0.3, 0.4) is 0 Å². The number of ether oxygens (including phenoxy) is 3. The van der Waals surface area contributed by atoms with Crippen LogP contribution < -0.4 is 30.7 Å². The maximum atomic E-state index is 15.6. The van der Waals surface area contributed by atoms with Gasteiger partial charge in [-0.15, -0.1) is 13.2 Å². The molecule has 1 amide bonds. The van der Waals surface area contributed by atoms with Crippen molar-refractivity contribution >= 4 is 35.0 Å². The van der Waals surface area contributed by atoms with Crippen molar-refractivity contribution in [3.05, 3.63) is 36.1 Å². The molecule has 2 aliphatic rings. The molecule has 0 aliphatic carbocycles. The molecular formula is C24H23F4N7O4. The molecule has 0 radical (unpaired) electrons. The summed E-state index contributed by atoms with van der Waals surface area (Å²) in [5.41, 5.74) is 4.49. The Balaban J connectivity index is 1.48. The molecule has 0 saturated carbocycles. The topological polar surface area (TPSA) is 137 Å². The van der Waals surface area contributed by atoms with Crippen LogP contribution in [0.2, 0.25) is 0 Å². The molecule has 1 saturated heterocycles. The maximum absolute atomic E-state index is 15.6. The van der Waals surface area contributed by atoms with E-state index in [1.54, 1.807) is 18.7 Å². The lowest BCUT2D eigenvalue weighted by Crippen LogP contribution is -2.46. The number of fused-ring (bicyclic) bond motifs is 1. The van der Waals surface area contributed by atoms with Gasteiger partial charge in [-0.2, -0.15) is 4.98 Å². The van der Waals surface area contributed by atoms with Crippen LogP contribution in [0.4, 0.5) is 46.7 Å². The number of carbonyl (C=O) groups excluding carboxylic acids is 1. The number of benzene rings is 1. The van der Waals surface area contributed by atoms with Gasteiger partial charge in [-0.1, -0.05) is 6.07 Å². The Labute approximate surface area is 219 Å². The number of amides is 1. The van der Waals surface area contributed by atoms with E-state index in [1.165, 1.54) is 24.3 Å². The highest BCUT2D eigenvalue weighted by Gasteiger charge is 2.36. The van der Waals surface area contributed by atoms with E-state index in [9.17, 15) is 18.0 Å². The molecule has 1 fully saturated rings. The van der Waals surface area contributed by atoms with E-state index in [2.05, 4.69) is 30.3 Å². The summed E-state index contributed by atoms with van der Waals surface area (Å²) in [5, 5.41) is 5.28. The van der Waals surface area contributed by atoms with Gasteiger partial charge in [0.2, 0.25) is 5.95 Å². The number of pyridine rings is 1. The van der Waals surface area contributed by atoms with Gasteiger partial charge in [0.1, 0.15) is 11.5 Å². The highest BCUT2D eigenvalue weighted by Crippen LogP contribution is 2.39. The summed E-state index contributed by atoms with van der Waals surface area (Å²) in [6, 6.07) is 6.84. The molecule has 0 spiro atoms. The first kappa shape index (κ1) is 26.2. The molecule has 3 aromatic rings. The Hall–Kier alpha value is -4.40. The van der Waals surface area contributed by atoms with Crippen molar-refractivity contribution in [3.8, 4) is 22.8 Å². The third-order valence-electron chi connectivity index (χ3n) is 5.93. The largest absolute Gasteiger partial charge is 0.573 e. The number of morpholine rings is 1. The summed E-state index contributed by atoms with van der Waals surface area (Å²) in [5.74, 6) is -2.17. The molecule has 2 aromatic heterocycles. The fourth-order valence-electron chi connectivity index (χ4n) is 4.06. The van der Waals surface area contributed by atoms with Gasteiger partial charge in [0, 0.05) is 18.7 Å². The number of hydrogen-bond donors (Lipinski definition) is 3. The van der Waals surface area contributed by atoms with Gasteiger partial charge >= 0.3 is 6.36 Å². The number of nitrogens with two attached hydrogens (primary N) is 1. The van der Waals surface area contributed by atoms with Crippen LogP contribution in [-0.2, 0) is 9.53 Å². The Kier molecular flexibility index (Phi) is 6.54. The van der Waals surface area contributed by atoms with Crippen LogP contribution in [-0.4, -0.2) is 59.1 Å². The number of nitrogen functional groups attached to an aromatic ring is 1. The average molecular weight is 549 g/mol. The number of aromatic nitrogens is 3. The van der Waals surface area contributed by atoms with Crippen molar-refractivity contribution in [1.29, 1.82) is 0 Å². The lowest BCUT2D eigenvalue weighted by molar-refractivity contribution is -0.274. The van der Waals surface area contributed by atoms with E-state index in [0.717, 1.165) is 6.07 Å². The summed E-state index contributed by atoms with van der Waals surface area (Å²) in [6.07, 6.45) is -4.98. The third-order valence-corrected chi connectivity index (χ3v) is 5.93. The van der Waals surface area contributed by atoms with Crippen LogP contribution >= 0.6 is 0 Å². The van der Waals surface area contributed by atoms with Gasteiger partial charge in [-0.3, -0.25) is 4.79 Å². The summed E-state index contributed by atoms with van der Waals surface area (Å²) in [6.45, 7) is 4.57. The zero-order valence-electron chi connectivity index (χ0n) is 20.7. The standard InChI is InChI=1S/C24H23F4N7O4/c1-23(2)21(36)33-19-14(38-23)5-6-16(30-19)31-20-17(25)18(32-22(29)34-20)12-3-4-13(35-7-9-37-10-8-35)15(11-12)39-24(26,27)28/h3-6,11H,7-10H2,1-2H3,(H4,29,30,31,32,33,34,36). The van der Waals surface area contributed by atoms with Gasteiger partial charge in [-0.25, -0.2) is 14.4 Å². The van der Waals surface area contributed by atoms with Gasteiger partial charge in [0.05, 0.1) is 18.9 Å². The normalized spacial score (nSPS) is 16.7. The molecule has 0 atom stereocenters. The van der Waals surface area contributed by atoms with Crippen molar-refractivity contribution < 1.29 is 36.6 Å². The van der Waals surface area contributed by atoms with Gasteiger partial charge in [0.15, 0.2) is 34.6 Å². The number of anilines is 5. The number of rotatable bonds is 5. The Morgan fingerprint density at radius 1 is 1.13 bits per heavy atom. The van der Waals surface area contributed by atoms with Crippen LogP contribution in [0.1, 0.15) is 13.8 Å². The first-order valence-electron chi connectivity index (χ1n) is 11.7. The number of alkyl halides is 3. The second-order valence-electron chi connectivity index (χ2n) is 9.16. The van der Waals surface area contributed by atoms with E-state index in [1.807, 2.05) is 0 Å². The number of hydrogen-bond acceptors (Lipinski definition) is 10. The second kappa shape index (κ2) is 9.72. The third kappa shape index (κ3) is 5.57. The van der Waals surface area contributed by atoms with Crippen LogP contribution in [0.25, 0.3) is 11.3 Å². The smallest absolute Gasteiger partial charge is 0.474 e. The molecular weight excluding hydrogens is 526 g/mol. The zero-order chi connectivity index (χ0) is 27.9. The SMILES string of the molecule is CC1(C)Oc2ccc(Nc3nc(N)nc(-c4ccc(N5CCOCC5)c(OC(F)(F)F)c4)c3F)nc2NC1=O. The van der Waals surface area contributed by atoms with Crippen LogP contribution in [0.15, 0.2) is 30.3 Å². The van der Waals surface area contributed by atoms with E-state index < -0.39 is 29.4 Å². The minimum atomic E-state index is -4.98. The van der Waals surface area contributed by atoms with Crippen molar-refractivity contribution in [2.45, 2.75) is 25.8 Å². The van der Waals surface area contributed by atoms with Crippen molar-refractivity contribution in [3.63, 3.8) is 0 Å². The molecule has 11 nitrogen and oxygen atoms in total. The first-order valence-corrected chi connectivity index (χ1v) is 11.7. The number of halogens is 4. The Bertz CT molecular complexity index is 1430. The Morgan fingerprint density at radius 3 is 2.59 bits per heavy atom. The van der Waals surface area contributed by atoms with Crippen molar-refractivity contribution in [2.24, 2.45) is 0 Å². The summed E-state index contributed by atoms with van der Waals surface area (Å²) in [7, 11) is 0. The molecule has 2 aliphatic heterocycles. The summed E-state index contributed by atoms with van der Waals surface area (Å²) in [4.78, 5) is 25.9. The average Bonchev–Trinajstić information content (AvgIpc) is 2.86. The minimum absolute atomic E-state index is 0.0257. The quantitative estimate of drug-likeness (QED) is 0.403. The molecule has 1 aromatic carbocycles. The molecule has 0 bridgehead atoms. The molecule has 4 heterocycles. The molecule has 5 rings (SSSR count). The fraction of sp³-hybridized carbons (Fsp3) is 0.333. The molecule has 0 unspecified atom stereocenters. The van der Waals surface area contributed by atoms with Crippen molar-refractivity contribution in [2.75, 3.05) is 47.6 Å². The van der Waals surface area contributed by atoms with E-state index in [4.69, 9.17) is 15.2 Å². The minimum Gasteiger partial charge on any atom is -0.474 e. The molecule has 206 valence electrons. The zero-order valence-corrected chi connectivity index (χ0v) is 20.7. The fourth-order valence-corrected chi connectivity index (χ4v) is 4.06. The summed E-state index contributed by atoms with van der Waals surface area (Å²) >= 11 is 0. The van der Waals surface area contributed by atoms with Gasteiger partial charge < -0.3 is 35.5 Å². The van der Waals surface area contributed by atoms with E-state index in [-0.39, 0.29) is 40.3 Å². The number of nitrogens with one attached hydrogen (secondary N) is 2. The predicted molar refractivity (Wildman–Crippen MR) is 132 cm³/mol. The first-order chi connectivity index (χ1) is 18.4.